The van der Waals surface area contributed by atoms with Gasteiger partial charge in [-0.25, -0.2) is 17.5 Å². The Labute approximate surface area is 175 Å². The number of sulfonamides is 1. The van der Waals surface area contributed by atoms with Crippen LogP contribution in [0.1, 0.15) is 21.5 Å². The van der Waals surface area contributed by atoms with Crippen LogP contribution >= 0.6 is 0 Å². The first-order valence-electron chi connectivity index (χ1n) is 9.54. The number of rotatable bonds is 5. The van der Waals surface area contributed by atoms with Crippen LogP contribution in [0.15, 0.2) is 66.7 Å². The SMILES string of the molecule is CS(=O)(=O)NC1Cc2ccc(NC(=O)c3ccccc3-c3ccc(F)cc3)cc2C1. The summed E-state index contributed by atoms with van der Waals surface area (Å²) in [6.45, 7) is 0. The second-order valence-electron chi connectivity index (χ2n) is 7.49. The van der Waals surface area contributed by atoms with Crippen LogP contribution in [0.3, 0.4) is 0 Å². The monoisotopic (exact) mass is 424 g/mol. The second-order valence-corrected chi connectivity index (χ2v) is 9.27. The van der Waals surface area contributed by atoms with Gasteiger partial charge in [-0.15, -0.1) is 0 Å². The highest BCUT2D eigenvalue weighted by atomic mass is 32.2. The Morgan fingerprint density at radius 2 is 1.67 bits per heavy atom. The molecule has 30 heavy (non-hydrogen) atoms. The van der Waals surface area contributed by atoms with E-state index >= 15 is 0 Å². The molecule has 3 aromatic rings. The zero-order chi connectivity index (χ0) is 21.3. The number of carbonyl (C=O) groups excluding carboxylic acids is 1. The van der Waals surface area contributed by atoms with Gasteiger partial charge < -0.3 is 5.32 Å². The van der Waals surface area contributed by atoms with Crippen LogP contribution in [0.5, 0.6) is 0 Å². The van der Waals surface area contributed by atoms with Gasteiger partial charge >= 0.3 is 0 Å². The molecule has 0 aliphatic heterocycles. The Bertz CT molecular complexity index is 1210. The number of benzene rings is 3. The second kappa shape index (κ2) is 8.01. The minimum Gasteiger partial charge on any atom is -0.322 e. The lowest BCUT2D eigenvalue weighted by molar-refractivity contribution is 0.102. The molecular formula is C23H21FN2O3S. The van der Waals surface area contributed by atoms with Crippen molar-refractivity contribution in [3.05, 3.63) is 89.2 Å². The van der Waals surface area contributed by atoms with Crippen LogP contribution in [0, 0.1) is 5.82 Å². The molecule has 0 radical (unpaired) electrons. The summed E-state index contributed by atoms with van der Waals surface area (Å²) in [6, 6.07) is 18.7. The van der Waals surface area contributed by atoms with Crippen molar-refractivity contribution in [2.24, 2.45) is 0 Å². The molecule has 154 valence electrons. The van der Waals surface area contributed by atoms with E-state index in [1.165, 1.54) is 12.1 Å². The number of nitrogens with one attached hydrogen (secondary N) is 2. The standard InChI is InChI=1S/C23H21FN2O3S/c1-30(28,29)26-20-12-16-8-11-19(13-17(16)14-20)25-23(27)22-5-3-2-4-21(22)15-6-9-18(24)10-7-15/h2-11,13,20,26H,12,14H2,1H3,(H,25,27). The fraction of sp³-hybridized carbons (Fsp3) is 0.174. The predicted molar refractivity (Wildman–Crippen MR) is 115 cm³/mol. The lowest BCUT2D eigenvalue weighted by Crippen LogP contribution is -2.34. The maximum absolute atomic E-state index is 13.3. The fourth-order valence-corrected chi connectivity index (χ4v) is 4.61. The molecule has 0 aromatic heterocycles. The zero-order valence-electron chi connectivity index (χ0n) is 16.4. The number of hydrogen-bond acceptors (Lipinski definition) is 3. The average molecular weight is 424 g/mol. The van der Waals surface area contributed by atoms with Gasteiger partial charge in [0.1, 0.15) is 5.82 Å². The molecule has 7 heteroatoms. The van der Waals surface area contributed by atoms with E-state index in [-0.39, 0.29) is 17.8 Å². The van der Waals surface area contributed by atoms with Crippen LogP contribution in [-0.4, -0.2) is 26.6 Å². The fourth-order valence-electron chi connectivity index (χ4n) is 3.84. The predicted octanol–water partition coefficient (Wildman–Crippen LogP) is 3.76. The molecule has 4 rings (SSSR count). The maximum Gasteiger partial charge on any atom is 0.256 e. The van der Waals surface area contributed by atoms with Crippen molar-refractivity contribution in [1.29, 1.82) is 0 Å². The third-order valence-corrected chi connectivity index (χ3v) is 5.87. The van der Waals surface area contributed by atoms with E-state index in [0.29, 0.717) is 29.7 Å². The topological polar surface area (TPSA) is 75.3 Å². The van der Waals surface area contributed by atoms with E-state index in [9.17, 15) is 17.6 Å². The number of hydrogen-bond donors (Lipinski definition) is 2. The van der Waals surface area contributed by atoms with Crippen LogP contribution < -0.4 is 10.0 Å². The highest BCUT2D eigenvalue weighted by Gasteiger charge is 2.24. The molecule has 0 fully saturated rings. The van der Waals surface area contributed by atoms with E-state index in [1.807, 2.05) is 30.3 Å². The summed E-state index contributed by atoms with van der Waals surface area (Å²) in [5.74, 6) is -0.596. The van der Waals surface area contributed by atoms with Crippen molar-refractivity contribution in [2.75, 3.05) is 11.6 Å². The summed E-state index contributed by atoms with van der Waals surface area (Å²) in [5.41, 5.74) is 4.69. The van der Waals surface area contributed by atoms with Gasteiger partial charge in [-0.2, -0.15) is 0 Å². The zero-order valence-corrected chi connectivity index (χ0v) is 17.2. The van der Waals surface area contributed by atoms with Gasteiger partial charge in [0.25, 0.3) is 5.91 Å². The Morgan fingerprint density at radius 1 is 0.967 bits per heavy atom. The van der Waals surface area contributed by atoms with Crippen molar-refractivity contribution < 1.29 is 17.6 Å². The third-order valence-electron chi connectivity index (χ3n) is 5.10. The largest absolute Gasteiger partial charge is 0.322 e. The number of halogens is 1. The van der Waals surface area contributed by atoms with Crippen molar-refractivity contribution in [3.63, 3.8) is 0 Å². The summed E-state index contributed by atoms with van der Waals surface area (Å²) < 4.78 is 38.9. The van der Waals surface area contributed by atoms with Gasteiger partial charge in [0.15, 0.2) is 0 Å². The van der Waals surface area contributed by atoms with E-state index in [4.69, 9.17) is 0 Å². The molecular weight excluding hydrogens is 403 g/mol. The molecule has 1 amide bonds. The average Bonchev–Trinajstić information content (AvgIpc) is 3.08. The number of amides is 1. The molecule has 3 aromatic carbocycles. The Hall–Kier alpha value is -3.03. The Balaban J connectivity index is 1.54. The molecule has 1 atom stereocenters. The van der Waals surface area contributed by atoms with Crippen LogP contribution in [-0.2, 0) is 22.9 Å². The van der Waals surface area contributed by atoms with Gasteiger partial charge in [0.05, 0.1) is 6.26 Å². The highest BCUT2D eigenvalue weighted by Crippen LogP contribution is 2.28. The maximum atomic E-state index is 13.3. The summed E-state index contributed by atoms with van der Waals surface area (Å²) >= 11 is 0. The first kappa shape index (κ1) is 20.3. The molecule has 0 heterocycles. The van der Waals surface area contributed by atoms with Gasteiger partial charge in [-0.05, 0) is 65.4 Å². The molecule has 2 N–H and O–H groups in total. The lowest BCUT2D eigenvalue weighted by atomic mass is 9.99. The van der Waals surface area contributed by atoms with E-state index in [1.54, 1.807) is 24.3 Å². The third kappa shape index (κ3) is 4.58. The minimum absolute atomic E-state index is 0.167. The van der Waals surface area contributed by atoms with Gasteiger partial charge in [-0.1, -0.05) is 36.4 Å². The Kier molecular flexibility index (Phi) is 5.40. The van der Waals surface area contributed by atoms with Crippen molar-refractivity contribution >= 4 is 21.6 Å². The van der Waals surface area contributed by atoms with E-state index in [0.717, 1.165) is 22.9 Å². The lowest BCUT2D eigenvalue weighted by Gasteiger charge is -2.11. The smallest absolute Gasteiger partial charge is 0.256 e. The number of carbonyl (C=O) groups is 1. The molecule has 0 spiro atoms. The molecule has 1 unspecified atom stereocenters. The summed E-state index contributed by atoms with van der Waals surface area (Å²) in [6.07, 6.45) is 2.36. The van der Waals surface area contributed by atoms with Gasteiger partial charge in [0, 0.05) is 17.3 Å². The summed E-state index contributed by atoms with van der Waals surface area (Å²) in [5, 5.41) is 2.92. The molecule has 1 aliphatic rings. The minimum atomic E-state index is -3.27. The number of anilines is 1. The van der Waals surface area contributed by atoms with Gasteiger partial charge in [0.2, 0.25) is 10.0 Å². The highest BCUT2D eigenvalue weighted by molar-refractivity contribution is 7.88. The molecule has 5 nitrogen and oxygen atoms in total. The van der Waals surface area contributed by atoms with Crippen LogP contribution in [0.25, 0.3) is 11.1 Å². The molecule has 1 aliphatic carbocycles. The van der Waals surface area contributed by atoms with Gasteiger partial charge in [-0.3, -0.25) is 4.79 Å². The van der Waals surface area contributed by atoms with Crippen molar-refractivity contribution in [1.82, 2.24) is 4.72 Å². The summed E-state index contributed by atoms with van der Waals surface area (Å²) in [7, 11) is -3.27. The first-order chi connectivity index (χ1) is 14.3. The first-order valence-corrected chi connectivity index (χ1v) is 11.4. The molecule has 0 saturated carbocycles. The molecule has 0 bridgehead atoms. The van der Waals surface area contributed by atoms with Crippen molar-refractivity contribution in [3.8, 4) is 11.1 Å². The van der Waals surface area contributed by atoms with Crippen LogP contribution in [0.2, 0.25) is 0 Å². The number of fused-ring (bicyclic) bond motifs is 1. The van der Waals surface area contributed by atoms with Crippen molar-refractivity contribution in [2.45, 2.75) is 18.9 Å². The Morgan fingerprint density at radius 3 is 2.40 bits per heavy atom. The van der Waals surface area contributed by atoms with E-state index in [2.05, 4.69) is 10.0 Å². The van der Waals surface area contributed by atoms with Crippen LogP contribution in [0.4, 0.5) is 10.1 Å². The van der Waals surface area contributed by atoms with E-state index < -0.39 is 10.0 Å². The molecule has 0 saturated heterocycles. The quantitative estimate of drug-likeness (QED) is 0.655. The summed E-state index contributed by atoms with van der Waals surface area (Å²) in [4.78, 5) is 13.0. The normalized spacial score (nSPS) is 15.6.